The van der Waals surface area contributed by atoms with E-state index < -0.39 is 17.7 Å². The summed E-state index contributed by atoms with van der Waals surface area (Å²) in [5, 5.41) is 14.9. The van der Waals surface area contributed by atoms with Crippen molar-refractivity contribution in [1.82, 2.24) is 25.4 Å². The van der Waals surface area contributed by atoms with Crippen molar-refractivity contribution in [3.05, 3.63) is 70.3 Å². The third kappa shape index (κ3) is 14.0. The minimum absolute atomic E-state index is 0.0668. The second-order valence-electron chi connectivity index (χ2n) is 12.9. The summed E-state index contributed by atoms with van der Waals surface area (Å²) < 4.78 is 40.2. The summed E-state index contributed by atoms with van der Waals surface area (Å²) in [6.07, 6.45) is -0.398. The Morgan fingerprint density at radius 3 is 1.92 bits per heavy atom. The van der Waals surface area contributed by atoms with E-state index in [-0.39, 0.29) is 12.3 Å². The van der Waals surface area contributed by atoms with Crippen LogP contribution in [0.1, 0.15) is 56.0 Å². The molecule has 4 rings (SSSR count). The number of rotatable bonds is 22. The molecule has 0 spiro atoms. The van der Waals surface area contributed by atoms with Crippen LogP contribution in [-0.2, 0) is 33.2 Å². The van der Waals surface area contributed by atoms with E-state index in [9.17, 15) is 9.59 Å². The smallest absolute Gasteiger partial charge is 0.407 e. The SMILES string of the molecule is COc1ccc2c(c1)C(c1ccc(Cl)cc1)=N[C@@H](CC(=O)NCCOCCOCCOCCOCCOCCNC(=O)OC(C)(C)C)c1nnc(C)n1-2. The highest BCUT2D eigenvalue weighted by Crippen LogP contribution is 2.34. The molecular weight excluding hydrogens is 708 g/mol. The molecule has 0 radical (unpaired) electrons. The van der Waals surface area contributed by atoms with E-state index in [4.69, 9.17) is 49.8 Å². The van der Waals surface area contributed by atoms with E-state index in [1.807, 2.05) is 74.7 Å². The summed E-state index contributed by atoms with van der Waals surface area (Å²) in [7, 11) is 1.62. The molecule has 2 heterocycles. The third-order valence-electron chi connectivity index (χ3n) is 7.60. The van der Waals surface area contributed by atoms with Gasteiger partial charge < -0.3 is 43.8 Å². The van der Waals surface area contributed by atoms with Gasteiger partial charge in [-0.3, -0.25) is 14.4 Å². The standard InChI is InChI=1S/C37H51ClN6O9/c1-26-42-43-35-31(41-34(27-6-8-28(38)9-7-27)30-24-29(47-5)10-11-32(30)44(26)35)25-33(45)39-12-14-48-16-18-50-20-22-52-23-21-51-19-17-49-15-13-40-36(46)53-37(2,3)4/h6-11,24,31H,12-23,25H2,1-5H3,(H,39,45)(H,40,46)/t31-/m0/s1. The molecular formula is C37H51ClN6O9. The lowest BCUT2D eigenvalue weighted by Gasteiger charge is -2.19. The maximum absolute atomic E-state index is 13.1. The number of methoxy groups -OCH3 is 1. The van der Waals surface area contributed by atoms with Crippen LogP contribution in [0, 0.1) is 6.92 Å². The Hall–Kier alpha value is -4.12. The highest BCUT2D eigenvalue weighted by molar-refractivity contribution is 6.30. The highest BCUT2D eigenvalue weighted by atomic mass is 35.5. The highest BCUT2D eigenvalue weighted by Gasteiger charge is 2.30. The quantitative estimate of drug-likeness (QED) is 0.141. The van der Waals surface area contributed by atoms with E-state index in [2.05, 4.69) is 20.8 Å². The topological polar surface area (TPSA) is 166 Å². The first-order valence-electron chi connectivity index (χ1n) is 17.6. The fourth-order valence-electron chi connectivity index (χ4n) is 5.21. The minimum atomic E-state index is -0.594. The Kier molecular flexibility index (Phi) is 16.9. The van der Waals surface area contributed by atoms with Gasteiger partial charge >= 0.3 is 6.09 Å². The number of carbonyl (C=O) groups is 2. The molecule has 1 atom stereocenters. The summed E-state index contributed by atoms with van der Waals surface area (Å²) in [6, 6.07) is 12.6. The molecule has 1 aliphatic heterocycles. The van der Waals surface area contributed by atoms with Crippen LogP contribution in [-0.4, -0.2) is 124 Å². The summed E-state index contributed by atoms with van der Waals surface area (Å²) in [6.45, 7) is 12.1. The van der Waals surface area contributed by atoms with Crippen molar-refractivity contribution in [1.29, 1.82) is 0 Å². The number of amides is 2. The predicted molar refractivity (Wildman–Crippen MR) is 198 cm³/mol. The zero-order valence-electron chi connectivity index (χ0n) is 31.2. The Bertz CT molecular complexity index is 1630. The number of fused-ring (bicyclic) bond motifs is 3. The van der Waals surface area contributed by atoms with Crippen LogP contribution in [0.25, 0.3) is 5.69 Å². The molecule has 2 N–H and O–H groups in total. The molecule has 3 aromatic rings. The lowest BCUT2D eigenvalue weighted by molar-refractivity contribution is -0.121. The van der Waals surface area contributed by atoms with Gasteiger partial charge in [-0.05, 0) is 58.0 Å². The number of hydrogen-bond donors (Lipinski definition) is 2. The zero-order chi connectivity index (χ0) is 38.1. The summed E-state index contributed by atoms with van der Waals surface area (Å²) >= 11 is 6.19. The van der Waals surface area contributed by atoms with E-state index in [0.29, 0.717) is 107 Å². The van der Waals surface area contributed by atoms with Crippen LogP contribution in [0.2, 0.25) is 5.02 Å². The maximum Gasteiger partial charge on any atom is 0.407 e. The number of nitrogens with zero attached hydrogens (tertiary/aromatic N) is 4. The van der Waals surface area contributed by atoms with Gasteiger partial charge in [-0.2, -0.15) is 0 Å². The van der Waals surface area contributed by atoms with Gasteiger partial charge in [-0.15, -0.1) is 10.2 Å². The fourth-order valence-corrected chi connectivity index (χ4v) is 5.33. The summed E-state index contributed by atoms with van der Waals surface area (Å²) in [5.74, 6) is 1.75. The molecule has 0 bridgehead atoms. The monoisotopic (exact) mass is 758 g/mol. The van der Waals surface area contributed by atoms with Gasteiger partial charge in [0.05, 0.1) is 91.0 Å². The fraction of sp³-hybridized carbons (Fsp3) is 0.541. The normalized spacial score (nSPS) is 13.8. The molecule has 0 saturated heterocycles. The van der Waals surface area contributed by atoms with Gasteiger partial charge in [-0.25, -0.2) is 4.79 Å². The van der Waals surface area contributed by atoms with Crippen LogP contribution < -0.4 is 15.4 Å². The molecule has 2 aromatic carbocycles. The molecule has 16 heteroatoms. The van der Waals surface area contributed by atoms with Gasteiger partial charge in [-0.1, -0.05) is 23.7 Å². The van der Waals surface area contributed by atoms with Crippen molar-refractivity contribution < 1.29 is 42.7 Å². The molecule has 15 nitrogen and oxygen atoms in total. The van der Waals surface area contributed by atoms with Crippen molar-refractivity contribution in [2.45, 2.75) is 45.8 Å². The first-order valence-corrected chi connectivity index (χ1v) is 18.0. The molecule has 0 saturated carbocycles. The third-order valence-corrected chi connectivity index (χ3v) is 7.85. The van der Waals surface area contributed by atoms with Crippen molar-refractivity contribution in [2.24, 2.45) is 4.99 Å². The number of hydrogen-bond acceptors (Lipinski definition) is 12. The zero-order valence-corrected chi connectivity index (χ0v) is 31.9. The van der Waals surface area contributed by atoms with Crippen molar-refractivity contribution in [3.8, 4) is 11.4 Å². The van der Waals surface area contributed by atoms with Gasteiger partial charge in [0.1, 0.15) is 23.2 Å². The number of halogens is 1. The number of aromatic nitrogens is 3. The largest absolute Gasteiger partial charge is 0.497 e. The van der Waals surface area contributed by atoms with Crippen LogP contribution >= 0.6 is 11.6 Å². The van der Waals surface area contributed by atoms with Gasteiger partial charge in [0, 0.05) is 29.2 Å². The molecule has 0 unspecified atom stereocenters. The van der Waals surface area contributed by atoms with Crippen LogP contribution in [0.15, 0.2) is 47.5 Å². The molecule has 2 amide bonds. The average molecular weight is 759 g/mol. The maximum atomic E-state index is 13.1. The lowest BCUT2D eigenvalue weighted by atomic mass is 10.00. The first kappa shape index (κ1) is 41.6. The first-order chi connectivity index (χ1) is 25.6. The van der Waals surface area contributed by atoms with E-state index in [0.717, 1.165) is 16.8 Å². The van der Waals surface area contributed by atoms with Crippen molar-refractivity contribution in [2.75, 3.05) is 86.3 Å². The van der Waals surface area contributed by atoms with Crippen LogP contribution in [0.5, 0.6) is 5.75 Å². The Morgan fingerprint density at radius 1 is 0.792 bits per heavy atom. The number of carbonyl (C=O) groups excluding carboxylic acids is 2. The van der Waals surface area contributed by atoms with Gasteiger partial charge in [0.15, 0.2) is 5.82 Å². The number of aliphatic imine (C=N–C) groups is 1. The molecule has 290 valence electrons. The van der Waals surface area contributed by atoms with Crippen LogP contribution in [0.4, 0.5) is 4.79 Å². The summed E-state index contributed by atoms with van der Waals surface area (Å²) in [4.78, 5) is 29.8. The molecule has 0 aliphatic carbocycles. The van der Waals surface area contributed by atoms with Gasteiger partial charge in [0.25, 0.3) is 0 Å². The Morgan fingerprint density at radius 2 is 1.36 bits per heavy atom. The minimum Gasteiger partial charge on any atom is -0.497 e. The Balaban J connectivity index is 1.08. The number of aryl methyl sites for hydroxylation is 1. The molecule has 0 fully saturated rings. The average Bonchev–Trinajstić information content (AvgIpc) is 3.44. The number of nitrogens with one attached hydrogen (secondary N) is 2. The van der Waals surface area contributed by atoms with Crippen LogP contribution in [0.3, 0.4) is 0 Å². The molecule has 1 aromatic heterocycles. The van der Waals surface area contributed by atoms with E-state index in [1.54, 1.807) is 7.11 Å². The van der Waals surface area contributed by atoms with Crippen molar-refractivity contribution in [3.63, 3.8) is 0 Å². The van der Waals surface area contributed by atoms with E-state index >= 15 is 0 Å². The second-order valence-corrected chi connectivity index (χ2v) is 13.3. The summed E-state index contributed by atoms with van der Waals surface area (Å²) in [5.41, 5.74) is 2.70. The Labute approximate surface area is 315 Å². The molecule has 1 aliphatic rings. The predicted octanol–water partition coefficient (Wildman–Crippen LogP) is 4.24. The number of alkyl carbamates (subject to hydrolysis) is 1. The lowest BCUT2D eigenvalue weighted by Crippen LogP contribution is -2.34. The molecule has 53 heavy (non-hydrogen) atoms. The van der Waals surface area contributed by atoms with E-state index in [1.165, 1.54) is 0 Å². The van der Waals surface area contributed by atoms with Gasteiger partial charge in [0.2, 0.25) is 5.91 Å². The second kappa shape index (κ2) is 21.5. The number of ether oxygens (including phenoxy) is 7. The van der Waals surface area contributed by atoms with Crippen molar-refractivity contribution >= 4 is 29.3 Å². The number of benzene rings is 2.